The van der Waals surface area contributed by atoms with Crippen molar-refractivity contribution in [3.63, 3.8) is 0 Å². The Kier molecular flexibility index (Phi) is 5.90. The first-order valence-electron chi connectivity index (χ1n) is 10.1. The lowest BCUT2D eigenvalue weighted by molar-refractivity contribution is -0.137. The van der Waals surface area contributed by atoms with Crippen molar-refractivity contribution in [1.82, 2.24) is 15.0 Å². The van der Waals surface area contributed by atoms with E-state index in [1.807, 2.05) is 0 Å². The van der Waals surface area contributed by atoms with Crippen LogP contribution in [0.5, 0.6) is 0 Å². The van der Waals surface area contributed by atoms with Crippen LogP contribution >= 0.6 is 0 Å². The molecule has 2 N–H and O–H groups in total. The number of halogens is 3. The number of nitrogens with zero attached hydrogens (tertiary/aromatic N) is 3. The number of hydrogen-bond donors (Lipinski definition) is 2. The summed E-state index contributed by atoms with van der Waals surface area (Å²) in [6.45, 7) is 5.16. The molecule has 2 aromatic heterocycles. The van der Waals surface area contributed by atoms with Gasteiger partial charge >= 0.3 is 6.18 Å². The number of fused-ring (bicyclic) bond motifs is 1. The van der Waals surface area contributed by atoms with Gasteiger partial charge in [-0.25, -0.2) is 23.1 Å². The second-order valence-electron chi connectivity index (χ2n) is 7.77. The minimum Gasteiger partial charge on any atom is -0.355 e. The fraction of sp³-hybridized carbons (Fsp3) is 0.174. The molecule has 0 atom stereocenters. The van der Waals surface area contributed by atoms with Gasteiger partial charge in [-0.2, -0.15) is 13.2 Å². The molecule has 0 aliphatic heterocycles. The minimum absolute atomic E-state index is 0.00592. The highest BCUT2D eigenvalue weighted by Gasteiger charge is 2.30. The first-order valence-corrected chi connectivity index (χ1v) is 11.6. The van der Waals surface area contributed by atoms with E-state index in [1.54, 1.807) is 45.0 Å². The summed E-state index contributed by atoms with van der Waals surface area (Å²) in [5.41, 5.74) is 2.32. The maximum atomic E-state index is 13.1. The van der Waals surface area contributed by atoms with Gasteiger partial charge in [-0.1, -0.05) is 6.07 Å². The van der Waals surface area contributed by atoms with E-state index >= 15 is 0 Å². The maximum Gasteiger partial charge on any atom is 0.416 e. The van der Waals surface area contributed by atoms with Gasteiger partial charge in [-0.15, -0.1) is 0 Å². The molecule has 0 amide bonds. The molecular weight excluding hydrogens is 467 g/mol. The Hall–Kier alpha value is -3.73. The summed E-state index contributed by atoms with van der Waals surface area (Å²) in [6, 6.07) is 12.7. The van der Waals surface area contributed by atoms with Gasteiger partial charge in [-0.05, 0) is 69.3 Å². The van der Waals surface area contributed by atoms with Crippen molar-refractivity contribution in [2.24, 2.45) is 0 Å². The standard InChI is InChI=1S/C23H20F3N5O2S/c1-13-10-14(2)29-22(28-13)31-34(32,33)18-7-5-17(6-8-18)30-20-11-15(3)27-21-12-16(23(24,25)26)4-9-19(20)21/h4-12H,1-3H3,(H,27,30)(H,28,29,31). The number of nitrogens with one attached hydrogen (secondary N) is 2. The SMILES string of the molecule is Cc1cc(C)nc(NS(=O)(=O)c2ccc(Nc3cc(C)nc4cc(C(F)(F)F)ccc34)cc2)n1. The van der Waals surface area contributed by atoms with E-state index in [9.17, 15) is 21.6 Å². The van der Waals surface area contributed by atoms with Gasteiger partial charge in [0.1, 0.15) is 0 Å². The van der Waals surface area contributed by atoms with E-state index in [1.165, 1.54) is 18.2 Å². The van der Waals surface area contributed by atoms with Crippen LogP contribution < -0.4 is 10.0 Å². The Bertz CT molecular complexity index is 1470. The monoisotopic (exact) mass is 487 g/mol. The van der Waals surface area contributed by atoms with Crippen molar-refractivity contribution >= 4 is 38.2 Å². The largest absolute Gasteiger partial charge is 0.416 e. The second-order valence-corrected chi connectivity index (χ2v) is 9.45. The van der Waals surface area contributed by atoms with E-state index in [-0.39, 0.29) is 16.4 Å². The highest BCUT2D eigenvalue weighted by molar-refractivity contribution is 7.92. The number of hydrogen-bond acceptors (Lipinski definition) is 6. The lowest BCUT2D eigenvalue weighted by Crippen LogP contribution is -2.15. The van der Waals surface area contributed by atoms with Crippen molar-refractivity contribution < 1.29 is 21.6 Å². The van der Waals surface area contributed by atoms with E-state index < -0.39 is 21.8 Å². The molecule has 7 nitrogen and oxygen atoms in total. The number of sulfonamides is 1. The van der Waals surface area contributed by atoms with Crippen molar-refractivity contribution in [1.29, 1.82) is 0 Å². The molecule has 0 radical (unpaired) electrons. The number of benzene rings is 2. The molecule has 176 valence electrons. The number of alkyl halides is 3. The zero-order valence-electron chi connectivity index (χ0n) is 18.4. The topological polar surface area (TPSA) is 96.9 Å². The maximum absolute atomic E-state index is 13.1. The predicted octanol–water partition coefficient (Wildman–Crippen LogP) is 5.51. The third-order valence-corrected chi connectivity index (χ3v) is 6.26. The van der Waals surface area contributed by atoms with Gasteiger partial charge < -0.3 is 5.32 Å². The van der Waals surface area contributed by atoms with Gasteiger partial charge in [0.15, 0.2) is 0 Å². The molecule has 0 spiro atoms. The third kappa shape index (κ3) is 5.09. The fourth-order valence-electron chi connectivity index (χ4n) is 3.46. The lowest BCUT2D eigenvalue weighted by Gasteiger charge is -2.13. The Morgan fingerprint density at radius 2 is 1.41 bits per heavy atom. The molecule has 0 aliphatic rings. The molecule has 0 fully saturated rings. The van der Waals surface area contributed by atoms with Gasteiger partial charge in [0.2, 0.25) is 5.95 Å². The normalized spacial score (nSPS) is 12.1. The highest BCUT2D eigenvalue weighted by atomic mass is 32.2. The van der Waals surface area contributed by atoms with Gasteiger partial charge in [0, 0.05) is 33.8 Å². The molecule has 34 heavy (non-hydrogen) atoms. The van der Waals surface area contributed by atoms with E-state index in [0.717, 1.165) is 12.1 Å². The Morgan fingerprint density at radius 1 is 0.794 bits per heavy atom. The summed E-state index contributed by atoms with van der Waals surface area (Å²) in [7, 11) is -3.92. The number of pyridine rings is 1. The second kappa shape index (κ2) is 8.56. The lowest BCUT2D eigenvalue weighted by atomic mass is 10.1. The van der Waals surface area contributed by atoms with Crippen LogP contribution in [0.1, 0.15) is 22.6 Å². The zero-order chi connectivity index (χ0) is 24.7. The Balaban J connectivity index is 1.60. The number of aryl methyl sites for hydroxylation is 3. The molecule has 11 heteroatoms. The number of rotatable bonds is 5. The molecular formula is C23H20F3N5O2S. The van der Waals surface area contributed by atoms with Gasteiger partial charge in [-0.3, -0.25) is 4.98 Å². The van der Waals surface area contributed by atoms with Crippen molar-refractivity contribution in [3.8, 4) is 0 Å². The molecule has 0 aliphatic carbocycles. The van der Waals surface area contributed by atoms with Crippen LogP contribution in [0, 0.1) is 20.8 Å². The summed E-state index contributed by atoms with van der Waals surface area (Å²) in [4.78, 5) is 12.4. The first kappa shape index (κ1) is 23.4. The summed E-state index contributed by atoms with van der Waals surface area (Å²) >= 11 is 0. The van der Waals surface area contributed by atoms with E-state index in [4.69, 9.17) is 0 Å². The van der Waals surface area contributed by atoms with Crippen LogP contribution in [0.15, 0.2) is 59.5 Å². The number of anilines is 3. The van der Waals surface area contributed by atoms with Crippen molar-refractivity contribution in [2.75, 3.05) is 10.0 Å². The van der Waals surface area contributed by atoms with Crippen molar-refractivity contribution in [3.05, 3.63) is 77.2 Å². The average molecular weight is 488 g/mol. The molecule has 4 aromatic rings. The summed E-state index contributed by atoms with van der Waals surface area (Å²) in [6.07, 6.45) is -4.47. The summed E-state index contributed by atoms with van der Waals surface area (Å²) in [5, 5.41) is 3.63. The number of aromatic nitrogens is 3. The van der Waals surface area contributed by atoms with Crippen LogP contribution in [0.2, 0.25) is 0 Å². The first-order chi connectivity index (χ1) is 15.9. The van der Waals surface area contributed by atoms with Gasteiger partial charge in [0.25, 0.3) is 10.0 Å². The molecule has 0 saturated carbocycles. The third-order valence-electron chi connectivity index (χ3n) is 4.92. The highest BCUT2D eigenvalue weighted by Crippen LogP contribution is 2.34. The van der Waals surface area contributed by atoms with E-state index in [0.29, 0.717) is 33.8 Å². The smallest absolute Gasteiger partial charge is 0.355 e. The molecule has 2 heterocycles. The van der Waals surface area contributed by atoms with Crippen LogP contribution in [0.4, 0.5) is 30.5 Å². The van der Waals surface area contributed by atoms with Gasteiger partial charge in [0.05, 0.1) is 16.0 Å². The molecule has 0 bridgehead atoms. The quantitative estimate of drug-likeness (QED) is 0.385. The fourth-order valence-corrected chi connectivity index (χ4v) is 4.41. The van der Waals surface area contributed by atoms with E-state index in [2.05, 4.69) is 25.0 Å². The van der Waals surface area contributed by atoms with Crippen LogP contribution in [-0.4, -0.2) is 23.4 Å². The molecule has 0 unspecified atom stereocenters. The van der Waals surface area contributed by atoms with Crippen LogP contribution in [-0.2, 0) is 16.2 Å². The predicted molar refractivity (Wildman–Crippen MR) is 124 cm³/mol. The zero-order valence-corrected chi connectivity index (χ0v) is 19.2. The average Bonchev–Trinajstić information content (AvgIpc) is 2.72. The summed E-state index contributed by atoms with van der Waals surface area (Å²) < 4.78 is 67.0. The van der Waals surface area contributed by atoms with Crippen molar-refractivity contribution in [2.45, 2.75) is 31.8 Å². The van der Waals surface area contributed by atoms with Crippen LogP contribution in [0.25, 0.3) is 10.9 Å². The molecule has 2 aromatic carbocycles. The van der Waals surface area contributed by atoms with Crippen LogP contribution in [0.3, 0.4) is 0 Å². The minimum atomic E-state index is -4.47. The molecule has 0 saturated heterocycles. The summed E-state index contributed by atoms with van der Waals surface area (Å²) in [5.74, 6) is -0.0170. The molecule has 4 rings (SSSR count). The Labute approximate surface area is 194 Å². The Morgan fingerprint density at radius 3 is 2.03 bits per heavy atom.